The molecule has 26 heavy (non-hydrogen) atoms. The van der Waals surface area contributed by atoms with Crippen molar-refractivity contribution in [2.75, 3.05) is 33.2 Å². The van der Waals surface area contributed by atoms with E-state index in [1.54, 1.807) is 0 Å². The fraction of sp³-hybridized carbons (Fsp3) is 0.278. The number of ether oxygens (including phenoxy) is 1. The molecule has 0 heterocycles. The first-order valence-corrected chi connectivity index (χ1v) is 9.43. The molecule has 0 saturated carbocycles. The highest BCUT2D eigenvalue weighted by atomic mass is 32.2. The highest BCUT2D eigenvalue weighted by Crippen LogP contribution is 2.22. The molecular weight excluding hydrogens is 354 g/mol. The minimum atomic E-state index is -3.77. The molecule has 0 unspecified atom stereocenters. The van der Waals surface area contributed by atoms with E-state index in [1.165, 1.54) is 32.4 Å². The standard InChI is InChI=1S/C18H23N3O4S/c1-19-18(22)16-11-15(9-10-17(16)25-4)26(23,24)20-12-13-5-7-14(8-6-13)21(2)3/h5-11,20H,12H2,1-4H3,(H,19,22). The van der Waals surface area contributed by atoms with Crippen molar-refractivity contribution < 1.29 is 17.9 Å². The summed E-state index contributed by atoms with van der Waals surface area (Å²) < 4.78 is 32.8. The number of nitrogens with one attached hydrogen (secondary N) is 2. The molecule has 8 heteroatoms. The average Bonchev–Trinajstić information content (AvgIpc) is 2.65. The second kappa shape index (κ2) is 8.20. The lowest BCUT2D eigenvalue weighted by Gasteiger charge is -2.13. The van der Waals surface area contributed by atoms with Crippen LogP contribution in [0.25, 0.3) is 0 Å². The second-order valence-electron chi connectivity index (χ2n) is 5.83. The lowest BCUT2D eigenvalue weighted by molar-refractivity contribution is 0.0960. The predicted molar refractivity (Wildman–Crippen MR) is 101 cm³/mol. The first kappa shape index (κ1) is 19.7. The lowest BCUT2D eigenvalue weighted by atomic mass is 10.2. The maximum atomic E-state index is 12.6. The summed E-state index contributed by atoms with van der Waals surface area (Å²) in [7, 11) is 2.99. The van der Waals surface area contributed by atoms with E-state index in [-0.39, 0.29) is 17.0 Å². The van der Waals surface area contributed by atoms with Gasteiger partial charge in [-0.05, 0) is 35.9 Å². The molecule has 0 aromatic heterocycles. The Labute approximate surface area is 154 Å². The molecule has 2 rings (SSSR count). The van der Waals surface area contributed by atoms with E-state index in [0.29, 0.717) is 5.75 Å². The van der Waals surface area contributed by atoms with E-state index in [2.05, 4.69) is 10.0 Å². The molecule has 7 nitrogen and oxygen atoms in total. The van der Waals surface area contributed by atoms with Crippen LogP contribution in [-0.2, 0) is 16.6 Å². The van der Waals surface area contributed by atoms with Crippen molar-refractivity contribution in [3.63, 3.8) is 0 Å². The van der Waals surface area contributed by atoms with Crippen molar-refractivity contribution >= 4 is 21.6 Å². The summed E-state index contributed by atoms with van der Waals surface area (Å²) in [5, 5.41) is 2.47. The molecule has 0 aliphatic carbocycles. The number of rotatable bonds is 7. The fourth-order valence-corrected chi connectivity index (χ4v) is 3.38. The zero-order valence-electron chi connectivity index (χ0n) is 15.2. The molecule has 0 atom stereocenters. The lowest BCUT2D eigenvalue weighted by Crippen LogP contribution is -2.24. The van der Waals surface area contributed by atoms with Crippen LogP contribution in [0.2, 0.25) is 0 Å². The second-order valence-corrected chi connectivity index (χ2v) is 7.59. The third-order valence-electron chi connectivity index (χ3n) is 3.87. The van der Waals surface area contributed by atoms with Crippen LogP contribution in [0, 0.1) is 0 Å². The van der Waals surface area contributed by atoms with E-state index in [0.717, 1.165) is 11.3 Å². The highest BCUT2D eigenvalue weighted by Gasteiger charge is 2.19. The minimum Gasteiger partial charge on any atom is -0.496 e. The smallest absolute Gasteiger partial charge is 0.254 e. The Morgan fingerprint density at radius 1 is 1.12 bits per heavy atom. The SMILES string of the molecule is CNC(=O)c1cc(S(=O)(=O)NCc2ccc(N(C)C)cc2)ccc1OC. The third-order valence-corrected chi connectivity index (χ3v) is 5.27. The summed E-state index contributed by atoms with van der Waals surface area (Å²) in [6, 6.07) is 11.7. The van der Waals surface area contributed by atoms with Gasteiger partial charge in [-0.3, -0.25) is 4.79 Å². The molecule has 0 fully saturated rings. The van der Waals surface area contributed by atoms with Crippen LogP contribution in [0.15, 0.2) is 47.4 Å². The van der Waals surface area contributed by atoms with Crippen molar-refractivity contribution in [2.45, 2.75) is 11.4 Å². The van der Waals surface area contributed by atoms with Gasteiger partial charge in [-0.1, -0.05) is 12.1 Å². The number of carbonyl (C=O) groups excluding carboxylic acids is 1. The molecule has 0 aliphatic heterocycles. The molecule has 0 bridgehead atoms. The van der Waals surface area contributed by atoms with E-state index in [1.807, 2.05) is 43.3 Å². The normalized spacial score (nSPS) is 11.1. The molecule has 0 radical (unpaired) electrons. The van der Waals surface area contributed by atoms with Gasteiger partial charge in [0.2, 0.25) is 10.0 Å². The molecule has 0 spiro atoms. The Morgan fingerprint density at radius 3 is 2.31 bits per heavy atom. The van der Waals surface area contributed by atoms with Gasteiger partial charge in [0.1, 0.15) is 5.75 Å². The van der Waals surface area contributed by atoms with Crippen LogP contribution in [0.5, 0.6) is 5.75 Å². The predicted octanol–water partition coefficient (Wildman–Crippen LogP) is 1.60. The van der Waals surface area contributed by atoms with Gasteiger partial charge in [0.25, 0.3) is 5.91 Å². The summed E-state index contributed by atoms with van der Waals surface area (Å²) in [6.07, 6.45) is 0. The van der Waals surface area contributed by atoms with Gasteiger partial charge in [0, 0.05) is 33.4 Å². The van der Waals surface area contributed by atoms with Gasteiger partial charge in [0.05, 0.1) is 17.6 Å². The highest BCUT2D eigenvalue weighted by molar-refractivity contribution is 7.89. The minimum absolute atomic E-state index is 0.00168. The third kappa shape index (κ3) is 4.53. The zero-order valence-corrected chi connectivity index (χ0v) is 16.1. The molecule has 2 N–H and O–H groups in total. The Balaban J connectivity index is 2.20. The topological polar surface area (TPSA) is 87.7 Å². The molecule has 1 amide bonds. The van der Waals surface area contributed by atoms with Gasteiger partial charge in [-0.25, -0.2) is 13.1 Å². The van der Waals surface area contributed by atoms with E-state index in [9.17, 15) is 13.2 Å². The van der Waals surface area contributed by atoms with E-state index >= 15 is 0 Å². The molecule has 2 aromatic rings. The zero-order chi connectivity index (χ0) is 19.3. The number of sulfonamides is 1. The van der Waals surface area contributed by atoms with Crippen LogP contribution < -0.4 is 19.7 Å². The summed E-state index contributed by atoms with van der Waals surface area (Å²) in [4.78, 5) is 13.9. The average molecular weight is 377 g/mol. The largest absolute Gasteiger partial charge is 0.496 e. The monoisotopic (exact) mass is 377 g/mol. The van der Waals surface area contributed by atoms with Crippen molar-refractivity contribution in [2.24, 2.45) is 0 Å². The number of amides is 1. The molecule has 0 saturated heterocycles. The maximum absolute atomic E-state index is 12.6. The van der Waals surface area contributed by atoms with Crippen LogP contribution in [0.1, 0.15) is 15.9 Å². The van der Waals surface area contributed by atoms with Gasteiger partial charge in [-0.2, -0.15) is 0 Å². The van der Waals surface area contributed by atoms with Crippen molar-refractivity contribution in [3.05, 3.63) is 53.6 Å². The number of hydrogen-bond acceptors (Lipinski definition) is 5. The Morgan fingerprint density at radius 2 is 1.77 bits per heavy atom. The maximum Gasteiger partial charge on any atom is 0.254 e. The first-order chi connectivity index (χ1) is 12.3. The Kier molecular flexibility index (Phi) is 6.23. The fourth-order valence-electron chi connectivity index (χ4n) is 2.34. The number of methoxy groups -OCH3 is 1. The number of carbonyl (C=O) groups is 1. The summed E-state index contributed by atoms with van der Waals surface area (Å²) >= 11 is 0. The molecule has 2 aromatic carbocycles. The van der Waals surface area contributed by atoms with Gasteiger partial charge < -0.3 is 15.0 Å². The summed E-state index contributed by atoms with van der Waals surface area (Å²) in [6.45, 7) is 0.150. The van der Waals surface area contributed by atoms with Crippen LogP contribution in [-0.4, -0.2) is 42.6 Å². The number of nitrogens with zero attached hydrogens (tertiary/aromatic N) is 1. The summed E-state index contributed by atoms with van der Waals surface area (Å²) in [5.74, 6) is -0.110. The van der Waals surface area contributed by atoms with Crippen molar-refractivity contribution in [1.29, 1.82) is 0 Å². The van der Waals surface area contributed by atoms with Crippen molar-refractivity contribution in [1.82, 2.24) is 10.0 Å². The Hall–Kier alpha value is -2.58. The van der Waals surface area contributed by atoms with Gasteiger partial charge in [0.15, 0.2) is 0 Å². The van der Waals surface area contributed by atoms with Crippen LogP contribution in [0.4, 0.5) is 5.69 Å². The van der Waals surface area contributed by atoms with Crippen molar-refractivity contribution in [3.8, 4) is 5.75 Å². The van der Waals surface area contributed by atoms with E-state index < -0.39 is 15.9 Å². The van der Waals surface area contributed by atoms with Crippen LogP contribution >= 0.6 is 0 Å². The summed E-state index contributed by atoms with van der Waals surface area (Å²) in [5.41, 5.74) is 2.02. The van der Waals surface area contributed by atoms with E-state index in [4.69, 9.17) is 4.74 Å². The molecule has 140 valence electrons. The Bertz CT molecular complexity index is 878. The number of hydrogen-bond donors (Lipinski definition) is 2. The number of benzene rings is 2. The first-order valence-electron chi connectivity index (χ1n) is 7.94. The molecule has 0 aliphatic rings. The quantitative estimate of drug-likeness (QED) is 0.765. The molecular formula is C18H23N3O4S. The number of anilines is 1. The van der Waals surface area contributed by atoms with Gasteiger partial charge >= 0.3 is 0 Å². The van der Waals surface area contributed by atoms with Gasteiger partial charge in [-0.15, -0.1) is 0 Å². The van der Waals surface area contributed by atoms with Crippen LogP contribution in [0.3, 0.4) is 0 Å².